The van der Waals surface area contributed by atoms with Crippen LogP contribution < -0.4 is 15.7 Å². The SMILES string of the molecule is CCOC(=O)CC1OB(O)c2cc(O)cc(Cl)c21.CCOC(=O)CC1OB(O)c2cc(OC(=O)N(C)C)cc(Cl)c21.CN(C)C(=O)Cl. The number of phenolic OH excluding ortho intramolecular Hbond substituents is 1. The van der Waals surface area contributed by atoms with Gasteiger partial charge in [-0.1, -0.05) is 23.2 Å². The van der Waals surface area contributed by atoms with E-state index in [0.717, 1.165) is 0 Å². The van der Waals surface area contributed by atoms with Gasteiger partial charge in [0.15, 0.2) is 0 Å². The molecule has 2 aliphatic heterocycles. The predicted molar refractivity (Wildman–Crippen MR) is 175 cm³/mol. The molecule has 47 heavy (non-hydrogen) atoms. The summed E-state index contributed by atoms with van der Waals surface area (Å²) in [5.41, 5.74) is 1.77. The maximum Gasteiger partial charge on any atom is 0.492 e. The largest absolute Gasteiger partial charge is 0.508 e. The van der Waals surface area contributed by atoms with Crippen LogP contribution in [0.2, 0.25) is 10.0 Å². The van der Waals surface area contributed by atoms with Crippen molar-refractivity contribution in [3.05, 3.63) is 45.4 Å². The van der Waals surface area contributed by atoms with E-state index in [1.807, 2.05) is 0 Å². The molecular formula is C28H35B2Cl3N2O12. The van der Waals surface area contributed by atoms with Gasteiger partial charge in [0.05, 0.1) is 38.3 Å². The molecule has 0 radical (unpaired) electrons. The van der Waals surface area contributed by atoms with Gasteiger partial charge < -0.3 is 48.5 Å². The molecule has 2 aromatic carbocycles. The third-order valence-electron chi connectivity index (χ3n) is 6.28. The van der Waals surface area contributed by atoms with E-state index in [-0.39, 0.29) is 47.6 Å². The highest BCUT2D eigenvalue weighted by molar-refractivity contribution is 6.63. The summed E-state index contributed by atoms with van der Waals surface area (Å²) in [6.45, 7) is 3.95. The minimum Gasteiger partial charge on any atom is -0.508 e. The number of carbonyl (C=O) groups is 4. The zero-order valence-corrected chi connectivity index (χ0v) is 28.8. The molecule has 2 aliphatic rings. The van der Waals surface area contributed by atoms with Crippen molar-refractivity contribution in [2.24, 2.45) is 0 Å². The molecule has 0 fully saturated rings. The van der Waals surface area contributed by atoms with Crippen LogP contribution in [0.3, 0.4) is 0 Å². The average molecular weight is 720 g/mol. The number of phenols is 1. The van der Waals surface area contributed by atoms with Gasteiger partial charge >= 0.3 is 37.6 Å². The van der Waals surface area contributed by atoms with E-state index in [2.05, 4.69) is 0 Å². The Bertz CT molecular complexity index is 1450. The molecule has 0 saturated carbocycles. The van der Waals surface area contributed by atoms with Crippen LogP contribution in [-0.4, -0.2) is 104 Å². The van der Waals surface area contributed by atoms with Crippen LogP contribution in [0.4, 0.5) is 9.59 Å². The van der Waals surface area contributed by atoms with E-state index in [9.17, 15) is 34.3 Å². The lowest BCUT2D eigenvalue weighted by Gasteiger charge is -2.14. The molecule has 0 saturated heterocycles. The summed E-state index contributed by atoms with van der Waals surface area (Å²) in [4.78, 5) is 47.0. The fourth-order valence-electron chi connectivity index (χ4n) is 4.21. The Balaban J connectivity index is 0.000000284. The van der Waals surface area contributed by atoms with Crippen LogP contribution in [0.1, 0.15) is 50.0 Å². The van der Waals surface area contributed by atoms with E-state index in [4.69, 9.17) is 58.3 Å². The molecule has 0 bridgehead atoms. The Morgan fingerprint density at radius 3 is 1.62 bits per heavy atom. The fraction of sp³-hybridized carbons (Fsp3) is 0.429. The van der Waals surface area contributed by atoms with Crippen molar-refractivity contribution in [2.75, 3.05) is 41.4 Å². The number of ether oxygens (including phenoxy) is 3. The number of fused-ring (bicyclic) bond motifs is 2. The predicted octanol–water partition coefficient (Wildman–Crippen LogP) is 2.78. The first-order valence-corrected chi connectivity index (χ1v) is 15.2. The van der Waals surface area contributed by atoms with E-state index in [0.29, 0.717) is 22.1 Å². The first-order valence-electron chi connectivity index (χ1n) is 14.1. The average Bonchev–Trinajstić information content (AvgIpc) is 3.44. The number of aromatic hydroxyl groups is 1. The molecule has 2 atom stereocenters. The molecule has 0 aliphatic carbocycles. The summed E-state index contributed by atoms with van der Waals surface area (Å²) >= 11 is 17.1. The number of esters is 2. The van der Waals surface area contributed by atoms with Gasteiger partial charge in [-0.15, -0.1) is 0 Å². The molecule has 4 rings (SSSR count). The lowest BCUT2D eigenvalue weighted by Crippen LogP contribution is -2.29. The van der Waals surface area contributed by atoms with Crippen molar-refractivity contribution in [3.63, 3.8) is 0 Å². The van der Waals surface area contributed by atoms with Crippen molar-refractivity contribution < 1.29 is 57.9 Å². The Labute approximate surface area is 287 Å². The van der Waals surface area contributed by atoms with Gasteiger partial charge in [-0.3, -0.25) is 14.4 Å². The highest BCUT2D eigenvalue weighted by atomic mass is 35.5. The van der Waals surface area contributed by atoms with Crippen LogP contribution in [-0.2, 0) is 28.4 Å². The summed E-state index contributed by atoms with van der Waals surface area (Å²) in [5.74, 6) is -0.742. The van der Waals surface area contributed by atoms with Gasteiger partial charge in [0, 0.05) is 38.2 Å². The molecule has 2 amide bonds. The molecule has 14 nitrogen and oxygen atoms in total. The fourth-order valence-corrected chi connectivity index (χ4v) is 4.89. The summed E-state index contributed by atoms with van der Waals surface area (Å²) in [7, 11) is 3.84. The molecule has 3 N–H and O–H groups in total. The Morgan fingerprint density at radius 2 is 1.21 bits per heavy atom. The standard InChI is InChI=1S/C14H17BClNO6.C11H12BClO5.C3H6ClNO/c1-4-21-12(18)7-11-13-9(15(20)23-11)5-8(6-10(13)16)22-14(19)17(2)3;1-2-17-10(15)5-9-11-7(12(16)18-9)3-6(14)4-8(11)13;1-5(2)3(4)6/h5-6,11,20H,4,7H2,1-3H3;3-4,9,14,16H,2,5H2,1H3;1-2H3. The number of carbonyl (C=O) groups excluding carboxylic acids is 4. The van der Waals surface area contributed by atoms with Crippen LogP contribution in [0.15, 0.2) is 24.3 Å². The lowest BCUT2D eigenvalue weighted by molar-refractivity contribution is -0.146. The molecule has 256 valence electrons. The zero-order chi connectivity index (χ0) is 35.6. The summed E-state index contributed by atoms with van der Waals surface area (Å²) in [5, 5.41) is 29.2. The second-order valence-corrected chi connectivity index (χ2v) is 11.4. The molecule has 0 aromatic heterocycles. The first-order chi connectivity index (χ1) is 22.0. The molecule has 2 unspecified atom stereocenters. The van der Waals surface area contributed by atoms with Crippen LogP contribution in [0, 0.1) is 0 Å². The summed E-state index contributed by atoms with van der Waals surface area (Å²) in [6.07, 6.45) is -2.01. The van der Waals surface area contributed by atoms with Crippen LogP contribution in [0.25, 0.3) is 0 Å². The number of amides is 2. The maximum absolute atomic E-state index is 11.6. The monoisotopic (exact) mass is 718 g/mol. The molecule has 0 spiro atoms. The normalized spacial score (nSPS) is 15.6. The lowest BCUT2D eigenvalue weighted by atomic mass is 9.79. The Morgan fingerprint density at radius 1 is 0.787 bits per heavy atom. The van der Waals surface area contributed by atoms with Gasteiger partial charge in [0.1, 0.15) is 11.5 Å². The van der Waals surface area contributed by atoms with Crippen molar-refractivity contribution in [2.45, 2.75) is 38.9 Å². The van der Waals surface area contributed by atoms with Crippen molar-refractivity contribution in [1.29, 1.82) is 0 Å². The number of nitrogens with zero attached hydrogens (tertiary/aromatic N) is 2. The zero-order valence-electron chi connectivity index (χ0n) is 26.5. The molecule has 2 heterocycles. The van der Waals surface area contributed by atoms with Gasteiger partial charge in [-0.25, -0.2) is 4.79 Å². The van der Waals surface area contributed by atoms with Crippen LogP contribution >= 0.6 is 34.8 Å². The minimum atomic E-state index is -1.25. The van der Waals surface area contributed by atoms with E-state index >= 15 is 0 Å². The number of hydrogen-bond donors (Lipinski definition) is 3. The Kier molecular flexibility index (Phi) is 15.6. The van der Waals surface area contributed by atoms with E-state index in [1.165, 1.54) is 34.1 Å². The second kappa shape index (κ2) is 18.3. The minimum absolute atomic E-state index is 0.0254. The highest BCUT2D eigenvalue weighted by Crippen LogP contribution is 2.36. The van der Waals surface area contributed by atoms with Crippen molar-refractivity contribution in [3.8, 4) is 11.5 Å². The summed E-state index contributed by atoms with van der Waals surface area (Å²) < 4.78 is 25.4. The smallest absolute Gasteiger partial charge is 0.492 e. The quantitative estimate of drug-likeness (QED) is 0.165. The van der Waals surface area contributed by atoms with Gasteiger partial charge in [0.25, 0.3) is 0 Å². The van der Waals surface area contributed by atoms with Gasteiger partial charge in [-0.2, -0.15) is 0 Å². The third-order valence-corrected chi connectivity index (χ3v) is 7.24. The van der Waals surface area contributed by atoms with Gasteiger partial charge in [0.2, 0.25) is 0 Å². The van der Waals surface area contributed by atoms with Crippen LogP contribution in [0.5, 0.6) is 11.5 Å². The van der Waals surface area contributed by atoms with E-state index in [1.54, 1.807) is 42.0 Å². The molecule has 2 aromatic rings. The Hall–Kier alpha value is -3.24. The van der Waals surface area contributed by atoms with Gasteiger partial charge in [-0.05, 0) is 71.8 Å². The topological polar surface area (TPSA) is 182 Å². The van der Waals surface area contributed by atoms with E-state index < -0.39 is 49.8 Å². The number of halogens is 3. The maximum atomic E-state index is 11.6. The number of benzene rings is 2. The number of hydrogen-bond acceptors (Lipinski definition) is 12. The first kappa shape index (κ1) is 39.9. The highest BCUT2D eigenvalue weighted by Gasteiger charge is 2.40. The van der Waals surface area contributed by atoms with Crippen molar-refractivity contribution in [1.82, 2.24) is 9.80 Å². The third kappa shape index (κ3) is 11.5. The molecular weight excluding hydrogens is 684 g/mol. The van der Waals surface area contributed by atoms with Crippen molar-refractivity contribution >= 4 is 83.4 Å². The molecule has 19 heteroatoms. The second-order valence-electron chi connectivity index (χ2n) is 10.2. The summed E-state index contributed by atoms with van der Waals surface area (Å²) in [6, 6.07) is 5.64. The number of rotatable bonds is 7.